The monoisotopic (exact) mass is 281 g/mol. The summed E-state index contributed by atoms with van der Waals surface area (Å²) < 4.78 is 10.4. The molecule has 112 valence electrons. The fourth-order valence-corrected chi connectivity index (χ4v) is 1.84. The summed E-state index contributed by atoms with van der Waals surface area (Å²) in [6.45, 7) is 4.17. The Morgan fingerprint density at radius 3 is 2.65 bits per heavy atom. The molecule has 0 aliphatic heterocycles. The standard InChI is InChI=1S/C15H23NO4/c1-11(2)13-6-4-5-7-14(13)20-10-15(18)16-12(8-17)9-19-3/h4-7,11-12,17H,8-10H2,1-3H3,(H,16,18). The quantitative estimate of drug-likeness (QED) is 0.754. The van der Waals surface area contributed by atoms with Gasteiger partial charge in [0, 0.05) is 7.11 Å². The number of benzene rings is 1. The number of carbonyl (C=O) groups excluding carboxylic acids is 1. The van der Waals surface area contributed by atoms with E-state index in [2.05, 4.69) is 19.2 Å². The number of aliphatic hydroxyl groups is 1. The molecular weight excluding hydrogens is 258 g/mol. The first-order chi connectivity index (χ1) is 9.58. The summed E-state index contributed by atoms with van der Waals surface area (Å²) in [4.78, 5) is 11.7. The summed E-state index contributed by atoms with van der Waals surface area (Å²) in [6, 6.07) is 7.25. The highest BCUT2D eigenvalue weighted by Gasteiger charge is 2.13. The van der Waals surface area contributed by atoms with Gasteiger partial charge in [-0.25, -0.2) is 0 Å². The Labute approximate surface area is 119 Å². The van der Waals surface area contributed by atoms with Gasteiger partial charge in [0.1, 0.15) is 5.75 Å². The van der Waals surface area contributed by atoms with Crippen molar-refractivity contribution in [3.63, 3.8) is 0 Å². The molecule has 1 atom stereocenters. The van der Waals surface area contributed by atoms with Crippen LogP contribution in [0.2, 0.25) is 0 Å². The van der Waals surface area contributed by atoms with Gasteiger partial charge in [0.25, 0.3) is 5.91 Å². The number of aliphatic hydroxyl groups excluding tert-OH is 1. The number of hydrogen-bond acceptors (Lipinski definition) is 4. The average Bonchev–Trinajstić information content (AvgIpc) is 2.44. The lowest BCUT2D eigenvalue weighted by molar-refractivity contribution is -0.124. The fraction of sp³-hybridized carbons (Fsp3) is 0.533. The van der Waals surface area contributed by atoms with E-state index >= 15 is 0 Å². The highest BCUT2D eigenvalue weighted by molar-refractivity contribution is 5.77. The van der Waals surface area contributed by atoms with Gasteiger partial charge in [-0.3, -0.25) is 4.79 Å². The normalized spacial score (nSPS) is 12.2. The smallest absolute Gasteiger partial charge is 0.258 e. The molecule has 0 fully saturated rings. The zero-order chi connectivity index (χ0) is 15.0. The first-order valence-corrected chi connectivity index (χ1v) is 6.69. The molecule has 0 radical (unpaired) electrons. The van der Waals surface area contributed by atoms with Crippen LogP contribution in [0.3, 0.4) is 0 Å². The van der Waals surface area contributed by atoms with Gasteiger partial charge in [0.2, 0.25) is 0 Å². The number of nitrogens with one attached hydrogen (secondary N) is 1. The van der Waals surface area contributed by atoms with Crippen molar-refractivity contribution in [2.75, 3.05) is 26.9 Å². The Kier molecular flexibility index (Phi) is 7.04. The molecule has 1 amide bonds. The second kappa shape index (κ2) is 8.55. The molecule has 0 aliphatic carbocycles. The predicted octanol–water partition coefficient (Wildman–Crippen LogP) is 1.31. The SMILES string of the molecule is COCC(CO)NC(=O)COc1ccccc1C(C)C. The Bertz CT molecular complexity index is 420. The summed E-state index contributed by atoms with van der Waals surface area (Å²) in [7, 11) is 1.52. The lowest BCUT2D eigenvalue weighted by Gasteiger charge is -2.17. The highest BCUT2D eigenvalue weighted by atomic mass is 16.5. The van der Waals surface area contributed by atoms with E-state index in [1.165, 1.54) is 7.11 Å². The lowest BCUT2D eigenvalue weighted by Crippen LogP contribution is -2.42. The summed E-state index contributed by atoms with van der Waals surface area (Å²) in [5.41, 5.74) is 1.07. The molecule has 0 saturated carbocycles. The van der Waals surface area contributed by atoms with Crippen molar-refractivity contribution < 1.29 is 19.4 Å². The van der Waals surface area contributed by atoms with Crippen LogP contribution in [0.1, 0.15) is 25.3 Å². The second-order valence-electron chi connectivity index (χ2n) is 4.88. The van der Waals surface area contributed by atoms with Crippen molar-refractivity contribution in [3.05, 3.63) is 29.8 Å². The molecule has 0 bridgehead atoms. The van der Waals surface area contributed by atoms with E-state index < -0.39 is 6.04 Å². The van der Waals surface area contributed by atoms with Gasteiger partial charge in [-0.1, -0.05) is 32.0 Å². The topological polar surface area (TPSA) is 67.8 Å². The van der Waals surface area contributed by atoms with Crippen LogP contribution in [0.4, 0.5) is 0 Å². The average molecular weight is 281 g/mol. The molecule has 0 spiro atoms. The van der Waals surface area contributed by atoms with Crippen LogP contribution >= 0.6 is 0 Å². The second-order valence-corrected chi connectivity index (χ2v) is 4.88. The number of amides is 1. The number of para-hydroxylation sites is 1. The third-order valence-electron chi connectivity index (χ3n) is 2.85. The molecule has 1 unspecified atom stereocenters. The van der Waals surface area contributed by atoms with E-state index in [0.29, 0.717) is 11.7 Å². The third-order valence-corrected chi connectivity index (χ3v) is 2.85. The zero-order valence-corrected chi connectivity index (χ0v) is 12.3. The summed E-state index contributed by atoms with van der Waals surface area (Å²) >= 11 is 0. The number of ether oxygens (including phenoxy) is 2. The van der Waals surface area contributed by atoms with Gasteiger partial charge in [-0.2, -0.15) is 0 Å². The molecule has 0 heterocycles. The Balaban J connectivity index is 2.52. The number of rotatable bonds is 8. The van der Waals surface area contributed by atoms with Crippen molar-refractivity contribution in [2.24, 2.45) is 0 Å². The minimum Gasteiger partial charge on any atom is -0.483 e. The van der Waals surface area contributed by atoms with Crippen LogP contribution in [-0.2, 0) is 9.53 Å². The van der Waals surface area contributed by atoms with E-state index in [4.69, 9.17) is 14.6 Å². The van der Waals surface area contributed by atoms with Crippen molar-refractivity contribution >= 4 is 5.91 Å². The van der Waals surface area contributed by atoms with Crippen molar-refractivity contribution in [3.8, 4) is 5.75 Å². The maximum atomic E-state index is 11.7. The van der Waals surface area contributed by atoms with Gasteiger partial charge < -0.3 is 19.9 Å². The van der Waals surface area contributed by atoms with Crippen LogP contribution < -0.4 is 10.1 Å². The van der Waals surface area contributed by atoms with E-state index in [1.807, 2.05) is 24.3 Å². The van der Waals surface area contributed by atoms with Gasteiger partial charge in [-0.15, -0.1) is 0 Å². The minimum atomic E-state index is -0.406. The van der Waals surface area contributed by atoms with Gasteiger partial charge in [0.05, 0.1) is 19.3 Å². The summed E-state index contributed by atoms with van der Waals surface area (Å²) in [6.07, 6.45) is 0. The Hall–Kier alpha value is -1.59. The van der Waals surface area contributed by atoms with E-state index in [1.54, 1.807) is 0 Å². The molecule has 20 heavy (non-hydrogen) atoms. The van der Waals surface area contributed by atoms with Crippen LogP contribution in [0.25, 0.3) is 0 Å². The molecule has 0 aromatic heterocycles. The van der Waals surface area contributed by atoms with Crippen LogP contribution in [-0.4, -0.2) is 44.0 Å². The Morgan fingerprint density at radius 1 is 1.35 bits per heavy atom. The largest absolute Gasteiger partial charge is 0.483 e. The summed E-state index contributed by atoms with van der Waals surface area (Å²) in [5.74, 6) is 0.762. The molecule has 2 N–H and O–H groups in total. The fourth-order valence-electron chi connectivity index (χ4n) is 1.84. The van der Waals surface area contributed by atoms with Gasteiger partial charge in [0.15, 0.2) is 6.61 Å². The van der Waals surface area contributed by atoms with Crippen LogP contribution in [0, 0.1) is 0 Å². The minimum absolute atomic E-state index is 0.0794. The Morgan fingerprint density at radius 2 is 2.05 bits per heavy atom. The molecule has 0 aliphatic rings. The van der Waals surface area contributed by atoms with Crippen LogP contribution in [0.5, 0.6) is 5.75 Å². The zero-order valence-electron chi connectivity index (χ0n) is 12.3. The molecule has 1 aromatic rings. The van der Waals surface area contributed by atoms with E-state index in [9.17, 15) is 4.79 Å². The molecular formula is C15H23NO4. The van der Waals surface area contributed by atoms with Gasteiger partial charge >= 0.3 is 0 Å². The lowest BCUT2D eigenvalue weighted by atomic mass is 10.0. The first kappa shape index (κ1) is 16.5. The van der Waals surface area contributed by atoms with Gasteiger partial charge in [-0.05, 0) is 17.5 Å². The molecule has 0 saturated heterocycles. The maximum absolute atomic E-state index is 11.7. The maximum Gasteiger partial charge on any atom is 0.258 e. The molecule has 5 nitrogen and oxygen atoms in total. The van der Waals surface area contributed by atoms with Crippen LogP contribution in [0.15, 0.2) is 24.3 Å². The van der Waals surface area contributed by atoms with Crippen molar-refractivity contribution in [1.29, 1.82) is 0 Å². The predicted molar refractivity (Wildman–Crippen MR) is 76.9 cm³/mol. The molecule has 5 heteroatoms. The third kappa shape index (κ3) is 5.19. The number of hydrogen-bond donors (Lipinski definition) is 2. The van der Waals surface area contributed by atoms with E-state index in [-0.39, 0.29) is 25.7 Å². The molecule has 1 aromatic carbocycles. The van der Waals surface area contributed by atoms with Crippen molar-refractivity contribution in [2.45, 2.75) is 25.8 Å². The number of methoxy groups -OCH3 is 1. The molecule has 1 rings (SSSR count). The van der Waals surface area contributed by atoms with Crippen molar-refractivity contribution in [1.82, 2.24) is 5.32 Å². The number of carbonyl (C=O) groups is 1. The van der Waals surface area contributed by atoms with E-state index in [0.717, 1.165) is 5.56 Å². The first-order valence-electron chi connectivity index (χ1n) is 6.69. The highest BCUT2D eigenvalue weighted by Crippen LogP contribution is 2.25. The summed E-state index contributed by atoms with van der Waals surface area (Å²) in [5, 5.41) is 11.7.